The maximum atomic E-state index is 12.6. The van der Waals surface area contributed by atoms with Gasteiger partial charge in [0.1, 0.15) is 5.75 Å². The van der Waals surface area contributed by atoms with Crippen molar-refractivity contribution in [3.63, 3.8) is 0 Å². The molecule has 0 aliphatic heterocycles. The summed E-state index contributed by atoms with van der Waals surface area (Å²) in [6.07, 6.45) is 3.22. The Morgan fingerprint density at radius 2 is 2.07 bits per heavy atom. The predicted molar refractivity (Wildman–Crippen MR) is 106 cm³/mol. The molecule has 0 spiro atoms. The van der Waals surface area contributed by atoms with Gasteiger partial charge < -0.3 is 9.64 Å². The zero-order valence-electron chi connectivity index (χ0n) is 14.6. The van der Waals surface area contributed by atoms with Crippen molar-refractivity contribution in [2.75, 3.05) is 7.05 Å². The van der Waals surface area contributed by atoms with Gasteiger partial charge in [-0.25, -0.2) is 4.68 Å². The number of halogens is 3. The number of ether oxygens (including phenoxy) is 1. The van der Waals surface area contributed by atoms with Crippen LogP contribution in [-0.4, -0.2) is 37.4 Å². The number of rotatable bonds is 6. The van der Waals surface area contributed by atoms with Crippen molar-refractivity contribution in [2.45, 2.75) is 13.3 Å². The van der Waals surface area contributed by atoms with E-state index in [1.807, 2.05) is 6.07 Å². The molecule has 0 radical (unpaired) electrons. The molecule has 27 heavy (non-hydrogen) atoms. The first-order chi connectivity index (χ1) is 12.8. The summed E-state index contributed by atoms with van der Waals surface area (Å²) >= 11 is 15.6. The van der Waals surface area contributed by atoms with Gasteiger partial charge in [0.2, 0.25) is 0 Å². The van der Waals surface area contributed by atoms with Gasteiger partial charge in [-0.05, 0) is 24.3 Å². The smallest absolute Gasteiger partial charge is 0.274 e. The van der Waals surface area contributed by atoms with E-state index >= 15 is 0 Å². The Labute approximate surface area is 174 Å². The lowest BCUT2D eigenvalue weighted by atomic mass is 10.3. The highest BCUT2D eigenvalue weighted by Gasteiger charge is 2.18. The van der Waals surface area contributed by atoms with Crippen molar-refractivity contribution in [1.82, 2.24) is 24.5 Å². The van der Waals surface area contributed by atoms with Crippen LogP contribution >= 0.6 is 39.1 Å². The highest BCUT2D eigenvalue weighted by atomic mass is 79.9. The van der Waals surface area contributed by atoms with Crippen molar-refractivity contribution in [2.24, 2.45) is 7.05 Å². The monoisotopic (exact) mass is 471 g/mol. The summed E-state index contributed by atoms with van der Waals surface area (Å²) in [5.41, 5.74) is 1.06. The SMILES string of the molecule is CN(Cc1c(Cl)cnn1C)C(=O)c1ccn(COc2ccc(Br)cc2Cl)n1. The Kier molecular flexibility index (Phi) is 6.08. The predicted octanol–water partition coefficient (Wildman–Crippen LogP) is 3.99. The van der Waals surface area contributed by atoms with Gasteiger partial charge in [-0.1, -0.05) is 39.1 Å². The second kappa shape index (κ2) is 8.33. The van der Waals surface area contributed by atoms with Gasteiger partial charge in [0.15, 0.2) is 12.4 Å². The molecule has 0 aliphatic carbocycles. The third-order valence-electron chi connectivity index (χ3n) is 3.85. The van der Waals surface area contributed by atoms with E-state index in [0.29, 0.717) is 28.0 Å². The van der Waals surface area contributed by atoms with Gasteiger partial charge in [0, 0.05) is 24.8 Å². The number of hydrogen-bond acceptors (Lipinski definition) is 4. The lowest BCUT2D eigenvalue weighted by molar-refractivity contribution is 0.0774. The maximum absolute atomic E-state index is 12.6. The van der Waals surface area contributed by atoms with E-state index < -0.39 is 0 Å². The lowest BCUT2D eigenvalue weighted by Crippen LogP contribution is -2.28. The number of aryl methyl sites for hydroxylation is 1. The molecule has 0 saturated carbocycles. The van der Waals surface area contributed by atoms with Gasteiger partial charge in [-0.3, -0.25) is 9.48 Å². The number of benzene rings is 1. The molecule has 0 N–H and O–H groups in total. The van der Waals surface area contributed by atoms with Gasteiger partial charge in [0.25, 0.3) is 5.91 Å². The molecule has 0 aliphatic rings. The summed E-state index contributed by atoms with van der Waals surface area (Å²) in [5.74, 6) is 0.305. The molecular weight excluding hydrogens is 457 g/mol. The Bertz CT molecular complexity index is 953. The van der Waals surface area contributed by atoms with E-state index in [2.05, 4.69) is 26.1 Å². The summed E-state index contributed by atoms with van der Waals surface area (Å²) < 4.78 is 9.67. The topological polar surface area (TPSA) is 65.2 Å². The first-order valence-electron chi connectivity index (χ1n) is 7.88. The molecule has 3 rings (SSSR count). The lowest BCUT2D eigenvalue weighted by Gasteiger charge is -2.16. The molecule has 1 amide bonds. The van der Waals surface area contributed by atoms with Crippen molar-refractivity contribution >= 4 is 45.0 Å². The average Bonchev–Trinajstić information content (AvgIpc) is 3.22. The fourth-order valence-electron chi connectivity index (χ4n) is 2.38. The average molecular weight is 473 g/mol. The number of carbonyl (C=O) groups is 1. The van der Waals surface area contributed by atoms with Crippen LogP contribution in [0.1, 0.15) is 16.2 Å². The fraction of sp³-hybridized carbons (Fsp3) is 0.235. The summed E-state index contributed by atoms with van der Waals surface area (Å²) in [5, 5.41) is 9.33. The van der Waals surface area contributed by atoms with Crippen LogP contribution < -0.4 is 4.74 Å². The van der Waals surface area contributed by atoms with Crippen LogP contribution in [0.5, 0.6) is 5.75 Å². The minimum atomic E-state index is -0.229. The number of aromatic nitrogens is 4. The van der Waals surface area contributed by atoms with Crippen LogP contribution in [0.2, 0.25) is 10.0 Å². The molecular formula is C17H16BrCl2N5O2. The van der Waals surface area contributed by atoms with E-state index in [1.54, 1.807) is 49.4 Å². The van der Waals surface area contributed by atoms with Crippen molar-refractivity contribution in [1.29, 1.82) is 0 Å². The summed E-state index contributed by atoms with van der Waals surface area (Å²) in [7, 11) is 3.46. The molecule has 0 saturated heterocycles. The molecule has 142 valence electrons. The molecule has 3 aromatic rings. The number of hydrogen-bond donors (Lipinski definition) is 0. The maximum Gasteiger partial charge on any atom is 0.274 e. The third kappa shape index (κ3) is 4.63. The standard InChI is InChI=1S/C17H16BrCl2N5O2/c1-23(9-15-13(20)8-21-24(15)2)17(26)14-5-6-25(22-14)10-27-16-4-3-11(18)7-12(16)19/h3-8H,9-10H2,1-2H3. The molecule has 0 unspecified atom stereocenters. The summed E-state index contributed by atoms with van der Waals surface area (Å²) in [4.78, 5) is 14.1. The first kappa shape index (κ1) is 19.7. The normalized spacial score (nSPS) is 10.9. The van der Waals surface area contributed by atoms with Gasteiger partial charge in [0.05, 0.1) is 28.5 Å². The Morgan fingerprint density at radius 1 is 1.30 bits per heavy atom. The van der Waals surface area contributed by atoms with Gasteiger partial charge >= 0.3 is 0 Å². The summed E-state index contributed by atoms with van der Waals surface area (Å²) in [6.45, 7) is 0.456. The number of nitrogens with zero attached hydrogens (tertiary/aromatic N) is 5. The van der Waals surface area contributed by atoms with Crippen molar-refractivity contribution in [3.05, 3.63) is 62.6 Å². The second-order valence-electron chi connectivity index (χ2n) is 5.81. The number of carbonyl (C=O) groups excluding carboxylic acids is 1. The van der Waals surface area contributed by atoms with Gasteiger partial charge in [-0.2, -0.15) is 10.2 Å². The molecule has 2 aromatic heterocycles. The molecule has 0 atom stereocenters. The van der Waals surface area contributed by atoms with E-state index in [0.717, 1.165) is 10.2 Å². The second-order valence-corrected chi connectivity index (χ2v) is 7.54. The molecule has 1 aromatic carbocycles. The van der Waals surface area contributed by atoms with E-state index in [1.165, 1.54) is 9.58 Å². The Hall–Kier alpha value is -2.03. The van der Waals surface area contributed by atoms with Crippen LogP contribution in [0.3, 0.4) is 0 Å². The summed E-state index contributed by atoms with van der Waals surface area (Å²) in [6, 6.07) is 6.97. The van der Waals surface area contributed by atoms with Crippen LogP contribution in [-0.2, 0) is 20.3 Å². The first-order valence-corrected chi connectivity index (χ1v) is 9.43. The Balaban J connectivity index is 1.63. The van der Waals surface area contributed by atoms with E-state index in [-0.39, 0.29) is 12.6 Å². The molecule has 10 heteroatoms. The molecule has 2 heterocycles. The van der Waals surface area contributed by atoms with Crippen molar-refractivity contribution < 1.29 is 9.53 Å². The zero-order chi connectivity index (χ0) is 19.6. The third-order valence-corrected chi connectivity index (χ3v) is 4.95. The minimum absolute atomic E-state index is 0.131. The van der Waals surface area contributed by atoms with Gasteiger partial charge in [-0.15, -0.1) is 0 Å². The van der Waals surface area contributed by atoms with Crippen LogP contribution in [0.25, 0.3) is 0 Å². The number of amides is 1. The zero-order valence-corrected chi connectivity index (χ0v) is 17.7. The fourth-order valence-corrected chi connectivity index (χ4v) is 3.34. The molecule has 0 bridgehead atoms. The minimum Gasteiger partial charge on any atom is -0.470 e. The van der Waals surface area contributed by atoms with Crippen LogP contribution in [0.4, 0.5) is 0 Å². The quantitative estimate of drug-likeness (QED) is 0.544. The van der Waals surface area contributed by atoms with E-state index in [4.69, 9.17) is 27.9 Å². The molecule has 7 nitrogen and oxygen atoms in total. The molecule has 0 fully saturated rings. The van der Waals surface area contributed by atoms with E-state index in [9.17, 15) is 4.79 Å². The van der Waals surface area contributed by atoms with Crippen LogP contribution in [0.15, 0.2) is 41.1 Å². The highest BCUT2D eigenvalue weighted by Crippen LogP contribution is 2.27. The Morgan fingerprint density at radius 3 is 2.74 bits per heavy atom. The largest absolute Gasteiger partial charge is 0.470 e. The van der Waals surface area contributed by atoms with Crippen molar-refractivity contribution in [3.8, 4) is 5.75 Å². The van der Waals surface area contributed by atoms with Crippen LogP contribution in [0, 0.1) is 0 Å². The highest BCUT2D eigenvalue weighted by molar-refractivity contribution is 9.10.